The first-order valence-electron chi connectivity index (χ1n) is 8.49. The van der Waals surface area contributed by atoms with Crippen molar-refractivity contribution in [2.45, 2.75) is 25.9 Å². The number of amides is 1. The van der Waals surface area contributed by atoms with Gasteiger partial charge in [0.15, 0.2) is 5.82 Å². The van der Waals surface area contributed by atoms with Crippen LogP contribution < -0.4 is 4.90 Å². The minimum absolute atomic E-state index is 0.154. The van der Waals surface area contributed by atoms with E-state index in [0.29, 0.717) is 34.9 Å². The number of rotatable bonds is 5. The van der Waals surface area contributed by atoms with Gasteiger partial charge >= 0.3 is 6.09 Å². The lowest BCUT2D eigenvalue weighted by atomic mass is 10.1. The number of carbonyl (C=O) groups excluding carboxylic acids is 1. The predicted molar refractivity (Wildman–Crippen MR) is 97.0 cm³/mol. The van der Waals surface area contributed by atoms with E-state index in [1.54, 1.807) is 25.4 Å². The fourth-order valence-corrected chi connectivity index (χ4v) is 3.80. The number of ether oxygens (including phenoxy) is 1. The summed E-state index contributed by atoms with van der Waals surface area (Å²) < 4.78 is 19.9. The van der Waals surface area contributed by atoms with Crippen LogP contribution in [-0.4, -0.2) is 43.9 Å². The molecule has 0 radical (unpaired) electrons. The lowest BCUT2D eigenvalue weighted by molar-refractivity contribution is 0.139. The average Bonchev–Trinajstić information content (AvgIpc) is 3.36. The third-order valence-corrected chi connectivity index (χ3v) is 5.30. The number of hydrogen-bond acceptors (Lipinski definition) is 7. The molecule has 8 nitrogen and oxygen atoms in total. The minimum atomic E-state index is -0.439. The van der Waals surface area contributed by atoms with Crippen LogP contribution >= 0.6 is 11.3 Å². The van der Waals surface area contributed by atoms with Crippen molar-refractivity contribution in [2.24, 2.45) is 7.05 Å². The summed E-state index contributed by atoms with van der Waals surface area (Å²) in [5, 5.41) is 12.6. The number of carbonyl (C=O) groups is 1. The second-order valence-electron chi connectivity index (χ2n) is 6.18. The van der Waals surface area contributed by atoms with Crippen molar-refractivity contribution in [3.63, 3.8) is 0 Å². The van der Waals surface area contributed by atoms with Crippen molar-refractivity contribution in [1.82, 2.24) is 25.2 Å². The van der Waals surface area contributed by atoms with E-state index >= 15 is 0 Å². The van der Waals surface area contributed by atoms with E-state index < -0.39 is 11.9 Å². The van der Waals surface area contributed by atoms with Crippen molar-refractivity contribution in [1.29, 1.82) is 0 Å². The summed E-state index contributed by atoms with van der Waals surface area (Å²) in [6.45, 7) is 2.38. The molecule has 1 amide bonds. The van der Waals surface area contributed by atoms with Crippen LogP contribution in [-0.2, 0) is 18.2 Å². The van der Waals surface area contributed by atoms with Gasteiger partial charge < -0.3 is 4.74 Å². The molecule has 1 aliphatic rings. The Balaban J connectivity index is 1.54. The fraction of sp³-hybridized carbons (Fsp3) is 0.353. The van der Waals surface area contributed by atoms with E-state index in [1.807, 2.05) is 6.92 Å². The van der Waals surface area contributed by atoms with E-state index in [2.05, 4.69) is 20.4 Å². The lowest BCUT2D eigenvalue weighted by Gasteiger charge is -2.13. The Morgan fingerprint density at radius 1 is 1.41 bits per heavy atom. The zero-order valence-electron chi connectivity index (χ0n) is 14.8. The summed E-state index contributed by atoms with van der Waals surface area (Å²) in [6, 6.07) is 4.74. The molecular weight excluding hydrogens is 371 g/mol. The van der Waals surface area contributed by atoms with Gasteiger partial charge in [-0.05, 0) is 29.8 Å². The molecule has 1 fully saturated rings. The number of hydrogen-bond donors (Lipinski definition) is 0. The number of aryl methyl sites for hydroxylation is 1. The van der Waals surface area contributed by atoms with Crippen LogP contribution in [0.3, 0.4) is 0 Å². The molecule has 4 rings (SSSR count). The van der Waals surface area contributed by atoms with Gasteiger partial charge in [-0.1, -0.05) is 6.92 Å². The second-order valence-corrected chi connectivity index (χ2v) is 7.29. The minimum Gasteiger partial charge on any atom is -0.444 e. The third-order valence-electron chi connectivity index (χ3n) is 4.27. The molecule has 1 atom stereocenters. The van der Waals surface area contributed by atoms with Gasteiger partial charge in [0, 0.05) is 11.8 Å². The normalized spacial score (nSPS) is 16.8. The molecule has 27 heavy (non-hydrogen) atoms. The summed E-state index contributed by atoms with van der Waals surface area (Å²) in [6.07, 6.45) is 2.21. The molecule has 1 aromatic carbocycles. The summed E-state index contributed by atoms with van der Waals surface area (Å²) in [7, 11) is 1.69. The van der Waals surface area contributed by atoms with Crippen molar-refractivity contribution in [3.8, 4) is 10.4 Å². The topological polar surface area (TPSA) is 86.0 Å². The number of aromatic nitrogens is 5. The molecule has 0 saturated carbocycles. The number of cyclic esters (lactones) is 1. The molecule has 0 N–H and O–H groups in total. The number of anilines is 1. The van der Waals surface area contributed by atoms with Crippen LogP contribution in [0, 0.1) is 5.82 Å². The number of benzene rings is 1. The maximum absolute atomic E-state index is 14.7. The number of halogens is 1. The van der Waals surface area contributed by atoms with Crippen molar-refractivity contribution < 1.29 is 13.9 Å². The highest BCUT2D eigenvalue weighted by atomic mass is 32.1. The number of tetrazole rings is 1. The van der Waals surface area contributed by atoms with Gasteiger partial charge in [0.1, 0.15) is 16.9 Å². The summed E-state index contributed by atoms with van der Waals surface area (Å²) >= 11 is 1.37. The Labute approximate surface area is 158 Å². The van der Waals surface area contributed by atoms with Gasteiger partial charge in [0.25, 0.3) is 0 Å². The van der Waals surface area contributed by atoms with Crippen LogP contribution in [0.4, 0.5) is 14.9 Å². The average molecular weight is 388 g/mol. The predicted octanol–water partition coefficient (Wildman–Crippen LogP) is 2.80. The fourth-order valence-electron chi connectivity index (χ4n) is 2.86. The number of thiazole rings is 1. The zero-order chi connectivity index (χ0) is 19.0. The molecule has 0 spiro atoms. The largest absolute Gasteiger partial charge is 0.444 e. The van der Waals surface area contributed by atoms with Crippen LogP contribution in [0.15, 0.2) is 24.4 Å². The van der Waals surface area contributed by atoms with Gasteiger partial charge in [0.05, 0.1) is 30.6 Å². The molecule has 1 aliphatic heterocycles. The smallest absolute Gasteiger partial charge is 0.414 e. The quantitative estimate of drug-likeness (QED) is 0.668. The number of nitrogens with zero attached hydrogens (tertiary/aromatic N) is 6. The maximum Gasteiger partial charge on any atom is 0.414 e. The monoisotopic (exact) mass is 388 g/mol. The molecule has 1 saturated heterocycles. The highest BCUT2D eigenvalue weighted by Gasteiger charge is 2.31. The molecule has 140 valence electrons. The Morgan fingerprint density at radius 2 is 2.26 bits per heavy atom. The second kappa shape index (κ2) is 7.03. The van der Waals surface area contributed by atoms with Crippen LogP contribution in [0.25, 0.3) is 10.4 Å². The van der Waals surface area contributed by atoms with Gasteiger partial charge in [-0.2, -0.15) is 4.80 Å². The maximum atomic E-state index is 14.7. The van der Waals surface area contributed by atoms with Crippen LogP contribution in [0.2, 0.25) is 0 Å². The molecule has 3 aromatic rings. The summed E-state index contributed by atoms with van der Waals surface area (Å²) in [5.74, 6) is 0.153. The van der Waals surface area contributed by atoms with Crippen molar-refractivity contribution >= 4 is 23.1 Å². The van der Waals surface area contributed by atoms with Gasteiger partial charge in [-0.15, -0.1) is 21.5 Å². The molecular formula is C17H17FN6O2S. The Hall–Kier alpha value is -2.88. The van der Waals surface area contributed by atoms with E-state index in [1.165, 1.54) is 27.1 Å². The van der Waals surface area contributed by atoms with E-state index in [9.17, 15) is 9.18 Å². The zero-order valence-corrected chi connectivity index (χ0v) is 15.6. The van der Waals surface area contributed by atoms with Gasteiger partial charge in [0.2, 0.25) is 0 Å². The first-order valence-corrected chi connectivity index (χ1v) is 9.30. The first-order chi connectivity index (χ1) is 13.0. The van der Waals surface area contributed by atoms with E-state index in [-0.39, 0.29) is 6.10 Å². The Kier molecular flexibility index (Phi) is 4.56. The van der Waals surface area contributed by atoms with Gasteiger partial charge in [-0.25, -0.2) is 14.2 Å². The molecule has 0 unspecified atom stereocenters. The standard InChI is InChI=1S/C17H17FN6O2S/c1-3-11-9-24(17(25)26-11)10-4-5-12(13(18)6-10)14-8-19-16(27-14)7-15-20-22-23(2)21-15/h4-6,8,11H,3,7,9H2,1-2H3/t11-/m0/s1. The lowest BCUT2D eigenvalue weighted by Crippen LogP contribution is -2.24. The molecule has 0 bridgehead atoms. The summed E-state index contributed by atoms with van der Waals surface area (Å²) in [5.41, 5.74) is 0.930. The van der Waals surface area contributed by atoms with Crippen LogP contribution in [0.1, 0.15) is 24.2 Å². The van der Waals surface area contributed by atoms with Crippen LogP contribution in [0.5, 0.6) is 0 Å². The van der Waals surface area contributed by atoms with E-state index in [4.69, 9.17) is 4.74 Å². The molecule has 2 aromatic heterocycles. The molecule has 10 heteroatoms. The van der Waals surface area contributed by atoms with Crippen molar-refractivity contribution in [2.75, 3.05) is 11.4 Å². The molecule has 0 aliphatic carbocycles. The Morgan fingerprint density at radius 3 is 2.93 bits per heavy atom. The molecule has 3 heterocycles. The van der Waals surface area contributed by atoms with Crippen molar-refractivity contribution in [3.05, 3.63) is 41.0 Å². The summed E-state index contributed by atoms with van der Waals surface area (Å²) in [4.78, 5) is 19.8. The third kappa shape index (κ3) is 3.52. The highest BCUT2D eigenvalue weighted by Crippen LogP contribution is 2.32. The highest BCUT2D eigenvalue weighted by molar-refractivity contribution is 7.15. The van der Waals surface area contributed by atoms with Gasteiger partial charge in [-0.3, -0.25) is 4.90 Å². The first kappa shape index (κ1) is 17.5. The SMILES string of the molecule is CC[C@H]1CN(c2ccc(-c3cnc(Cc4nnn(C)n4)s3)c(F)c2)C(=O)O1. The van der Waals surface area contributed by atoms with E-state index in [0.717, 1.165) is 11.4 Å². The Bertz CT molecular complexity index is 987.